The van der Waals surface area contributed by atoms with Crippen molar-refractivity contribution >= 4 is 23.0 Å². The molecule has 0 saturated carbocycles. The average molecular weight is 393 g/mol. The second-order valence-corrected chi connectivity index (χ2v) is 6.83. The third-order valence-electron chi connectivity index (χ3n) is 4.90. The Labute approximate surface area is 170 Å². The first-order valence-corrected chi connectivity index (χ1v) is 9.84. The molecule has 1 atom stereocenters. The fourth-order valence-corrected chi connectivity index (χ4v) is 3.32. The number of nitrogens with one attached hydrogen (secondary N) is 1. The van der Waals surface area contributed by atoms with Crippen LogP contribution in [0, 0.1) is 0 Å². The van der Waals surface area contributed by atoms with Gasteiger partial charge in [0, 0.05) is 53.7 Å². The van der Waals surface area contributed by atoms with Gasteiger partial charge in [-0.3, -0.25) is 9.78 Å². The number of hydrogen-bond donors (Lipinski definition) is 2. The van der Waals surface area contributed by atoms with E-state index in [-0.39, 0.29) is 5.91 Å². The zero-order valence-corrected chi connectivity index (χ0v) is 16.8. The number of para-hydroxylation sites is 1. The predicted octanol–water partition coefficient (Wildman–Crippen LogP) is 2.50. The van der Waals surface area contributed by atoms with Crippen LogP contribution in [-0.2, 0) is 6.54 Å². The van der Waals surface area contributed by atoms with Gasteiger partial charge in [0.2, 0.25) is 0 Å². The molecule has 0 saturated heterocycles. The molecule has 0 aliphatic heterocycles. The Morgan fingerprint density at radius 3 is 2.69 bits per heavy atom. The molecule has 152 valence electrons. The summed E-state index contributed by atoms with van der Waals surface area (Å²) in [5, 5.41) is 15.6. The molecule has 0 radical (unpaired) electrons. The van der Waals surface area contributed by atoms with Gasteiger partial charge in [0.05, 0.1) is 12.3 Å². The molecular formula is C22H27N5O2. The van der Waals surface area contributed by atoms with Gasteiger partial charge in [-0.05, 0) is 31.3 Å². The molecule has 1 amide bonds. The van der Waals surface area contributed by atoms with E-state index in [0.717, 1.165) is 29.6 Å². The highest BCUT2D eigenvalue weighted by Crippen LogP contribution is 2.20. The van der Waals surface area contributed by atoms with Crippen molar-refractivity contribution in [1.29, 1.82) is 0 Å². The van der Waals surface area contributed by atoms with E-state index in [1.165, 1.54) is 0 Å². The normalized spacial score (nSPS) is 12.7. The Morgan fingerprint density at radius 2 is 1.97 bits per heavy atom. The van der Waals surface area contributed by atoms with Crippen LogP contribution in [0.15, 0.2) is 60.1 Å². The molecule has 7 heteroatoms. The lowest BCUT2D eigenvalue weighted by Gasteiger charge is -2.22. The number of carbonyl (C=O) groups is 1. The van der Waals surface area contributed by atoms with Gasteiger partial charge in [0.25, 0.3) is 5.91 Å². The molecule has 0 spiro atoms. The Balaban J connectivity index is 1.74. The molecule has 1 aromatic carbocycles. The highest BCUT2D eigenvalue weighted by molar-refractivity contribution is 6.00. The number of rotatable bonds is 9. The van der Waals surface area contributed by atoms with Crippen LogP contribution in [0.2, 0.25) is 0 Å². The van der Waals surface area contributed by atoms with Crippen molar-refractivity contribution in [2.45, 2.75) is 26.5 Å². The lowest BCUT2D eigenvalue weighted by molar-refractivity contribution is 0.0955. The second kappa shape index (κ2) is 9.95. The van der Waals surface area contributed by atoms with E-state index in [1.54, 1.807) is 30.7 Å². The van der Waals surface area contributed by atoms with E-state index in [0.29, 0.717) is 18.7 Å². The maximum atomic E-state index is 12.1. The highest BCUT2D eigenvalue weighted by Gasteiger charge is 2.13. The lowest BCUT2D eigenvalue weighted by atomic mass is 10.2. The predicted molar refractivity (Wildman–Crippen MR) is 115 cm³/mol. The number of hydrogen-bond acceptors (Lipinski definition) is 5. The summed E-state index contributed by atoms with van der Waals surface area (Å²) in [7, 11) is 0. The number of nitrogens with zero attached hydrogens (tertiary/aromatic N) is 4. The molecule has 0 aliphatic carbocycles. The first-order valence-electron chi connectivity index (χ1n) is 9.84. The summed E-state index contributed by atoms with van der Waals surface area (Å²) in [4.78, 5) is 18.2. The fraction of sp³-hybridized carbons (Fsp3) is 0.318. The van der Waals surface area contributed by atoms with E-state index in [2.05, 4.69) is 34.3 Å². The van der Waals surface area contributed by atoms with Gasteiger partial charge in [-0.1, -0.05) is 32.0 Å². The van der Waals surface area contributed by atoms with Crippen LogP contribution in [0.4, 0.5) is 0 Å². The molecule has 2 heterocycles. The van der Waals surface area contributed by atoms with Gasteiger partial charge in [0.15, 0.2) is 0 Å². The summed E-state index contributed by atoms with van der Waals surface area (Å²) in [5.41, 5.74) is 4.94. The average Bonchev–Trinajstić information content (AvgIpc) is 3.10. The van der Waals surface area contributed by atoms with Crippen LogP contribution in [-0.4, -0.2) is 57.4 Å². The number of aliphatic hydroxyl groups excluding tert-OH is 1. The first-order chi connectivity index (χ1) is 14.1. The Hall–Kier alpha value is -3.03. The fourth-order valence-electron chi connectivity index (χ4n) is 3.32. The molecule has 7 nitrogen and oxygen atoms in total. The molecule has 3 aromatic rings. The summed E-state index contributed by atoms with van der Waals surface area (Å²) in [6.07, 6.45) is 6.25. The Kier molecular flexibility index (Phi) is 7.10. The monoisotopic (exact) mass is 393 g/mol. The molecule has 29 heavy (non-hydrogen) atoms. The van der Waals surface area contributed by atoms with Crippen LogP contribution in [0.1, 0.15) is 29.8 Å². The minimum atomic E-state index is -0.470. The van der Waals surface area contributed by atoms with Crippen LogP contribution >= 0.6 is 0 Å². The minimum absolute atomic E-state index is 0.290. The quantitative estimate of drug-likeness (QED) is 0.432. The number of amides is 1. The maximum Gasteiger partial charge on any atom is 0.271 e. The van der Waals surface area contributed by atoms with Crippen LogP contribution in [0.3, 0.4) is 0 Å². The van der Waals surface area contributed by atoms with Crippen molar-refractivity contribution < 1.29 is 9.90 Å². The summed E-state index contributed by atoms with van der Waals surface area (Å²) in [6.45, 7) is 7.13. The standard InChI is InChI=1S/C22H27N5O2/c1-3-26(4-2)15-19(28)16-27-14-18(20-7-5-6-8-21(20)27)13-24-25-22(29)17-9-11-23-12-10-17/h5-14,19,28H,3-4,15-16H2,1-2H3,(H,25,29)/b24-13-/t19-/m0/s1. The van der Waals surface area contributed by atoms with E-state index in [9.17, 15) is 9.90 Å². The summed E-state index contributed by atoms with van der Waals surface area (Å²) >= 11 is 0. The second-order valence-electron chi connectivity index (χ2n) is 6.83. The maximum absolute atomic E-state index is 12.1. The van der Waals surface area contributed by atoms with E-state index in [1.807, 2.05) is 35.0 Å². The topological polar surface area (TPSA) is 82.8 Å². The van der Waals surface area contributed by atoms with Gasteiger partial charge in [0.1, 0.15) is 0 Å². The summed E-state index contributed by atoms with van der Waals surface area (Å²) < 4.78 is 2.04. The third-order valence-corrected chi connectivity index (χ3v) is 4.90. The number of hydrazone groups is 1. The molecule has 3 rings (SSSR count). The highest BCUT2D eigenvalue weighted by atomic mass is 16.3. The largest absolute Gasteiger partial charge is 0.390 e. The van der Waals surface area contributed by atoms with Gasteiger partial charge in [-0.15, -0.1) is 0 Å². The van der Waals surface area contributed by atoms with Gasteiger partial charge >= 0.3 is 0 Å². The van der Waals surface area contributed by atoms with Crippen LogP contribution in [0.25, 0.3) is 10.9 Å². The first kappa shape index (κ1) is 20.7. The number of fused-ring (bicyclic) bond motifs is 1. The lowest BCUT2D eigenvalue weighted by Crippen LogP contribution is -2.34. The molecule has 2 aromatic heterocycles. The van der Waals surface area contributed by atoms with Crippen molar-refractivity contribution in [3.8, 4) is 0 Å². The molecule has 0 bridgehead atoms. The van der Waals surface area contributed by atoms with Crippen molar-refractivity contribution in [3.63, 3.8) is 0 Å². The Bertz CT molecular complexity index is 964. The van der Waals surface area contributed by atoms with E-state index >= 15 is 0 Å². The van der Waals surface area contributed by atoms with Crippen LogP contribution < -0.4 is 5.43 Å². The minimum Gasteiger partial charge on any atom is -0.390 e. The van der Waals surface area contributed by atoms with Gasteiger partial charge in [-0.25, -0.2) is 5.43 Å². The Morgan fingerprint density at radius 1 is 1.24 bits per heavy atom. The third kappa shape index (κ3) is 5.28. The molecule has 0 unspecified atom stereocenters. The van der Waals surface area contributed by atoms with Crippen LogP contribution in [0.5, 0.6) is 0 Å². The molecule has 0 aliphatic rings. The smallest absolute Gasteiger partial charge is 0.271 e. The number of aliphatic hydroxyl groups is 1. The van der Waals surface area contributed by atoms with Gasteiger partial charge in [-0.2, -0.15) is 5.10 Å². The summed E-state index contributed by atoms with van der Waals surface area (Å²) in [5.74, 6) is -0.290. The van der Waals surface area contributed by atoms with Crippen molar-refractivity contribution in [2.75, 3.05) is 19.6 Å². The zero-order valence-electron chi connectivity index (χ0n) is 16.8. The van der Waals surface area contributed by atoms with Crippen molar-refractivity contribution in [3.05, 3.63) is 66.1 Å². The number of benzene rings is 1. The molecular weight excluding hydrogens is 366 g/mol. The number of pyridine rings is 1. The van der Waals surface area contributed by atoms with E-state index < -0.39 is 6.10 Å². The van der Waals surface area contributed by atoms with E-state index in [4.69, 9.17) is 0 Å². The molecule has 2 N–H and O–H groups in total. The SMILES string of the molecule is CCN(CC)C[C@H](O)Cn1cc(/C=N\NC(=O)c2ccncc2)c2ccccc21. The molecule has 0 fully saturated rings. The zero-order chi connectivity index (χ0) is 20.6. The number of aromatic nitrogens is 2. The number of carbonyl (C=O) groups excluding carboxylic acids is 1. The number of likely N-dealkylation sites (N-methyl/N-ethyl adjacent to an activating group) is 1. The summed E-state index contributed by atoms with van der Waals surface area (Å²) in [6, 6.07) is 11.2. The van der Waals surface area contributed by atoms with Crippen molar-refractivity contribution in [2.24, 2.45) is 5.10 Å². The van der Waals surface area contributed by atoms with Crippen molar-refractivity contribution in [1.82, 2.24) is 19.9 Å². The van der Waals surface area contributed by atoms with Gasteiger partial charge < -0.3 is 14.6 Å².